The Labute approximate surface area is 139 Å². The molecule has 1 unspecified atom stereocenters. The minimum Gasteiger partial charge on any atom is -0.497 e. The molecular formula is C17H19BrClNO. The summed E-state index contributed by atoms with van der Waals surface area (Å²) in [4.78, 5) is 0. The van der Waals surface area contributed by atoms with Gasteiger partial charge in [-0.1, -0.05) is 52.7 Å². The Kier molecular flexibility index (Phi) is 5.68. The van der Waals surface area contributed by atoms with E-state index in [9.17, 15) is 0 Å². The summed E-state index contributed by atoms with van der Waals surface area (Å²) in [5, 5.41) is 4.30. The molecule has 0 aromatic heterocycles. The Morgan fingerprint density at radius 3 is 2.57 bits per heavy atom. The van der Waals surface area contributed by atoms with Gasteiger partial charge in [-0.25, -0.2) is 0 Å². The van der Waals surface area contributed by atoms with Crippen LogP contribution in [0.1, 0.15) is 29.7 Å². The molecule has 1 N–H and O–H groups in total. The predicted molar refractivity (Wildman–Crippen MR) is 92.4 cm³/mol. The maximum atomic E-state index is 6.27. The van der Waals surface area contributed by atoms with Crippen molar-refractivity contribution >= 4 is 27.5 Å². The lowest BCUT2D eigenvalue weighted by atomic mass is 9.97. The van der Waals surface area contributed by atoms with Crippen LogP contribution in [0.3, 0.4) is 0 Å². The van der Waals surface area contributed by atoms with E-state index in [0.717, 1.165) is 38.5 Å². The van der Waals surface area contributed by atoms with Gasteiger partial charge >= 0.3 is 0 Å². The molecule has 0 aliphatic rings. The van der Waals surface area contributed by atoms with Crippen molar-refractivity contribution in [1.82, 2.24) is 5.32 Å². The normalized spacial score (nSPS) is 12.2. The van der Waals surface area contributed by atoms with Gasteiger partial charge in [0.25, 0.3) is 0 Å². The second-order valence-electron chi connectivity index (χ2n) is 4.89. The quantitative estimate of drug-likeness (QED) is 0.791. The number of halogens is 2. The van der Waals surface area contributed by atoms with Crippen molar-refractivity contribution in [3.05, 3.63) is 62.6 Å². The van der Waals surface area contributed by atoms with Gasteiger partial charge in [0.15, 0.2) is 0 Å². The Hall–Kier alpha value is -1.03. The third-order valence-corrected chi connectivity index (χ3v) is 4.55. The molecule has 0 aliphatic carbocycles. The fourth-order valence-corrected chi connectivity index (χ4v) is 3.04. The van der Waals surface area contributed by atoms with Crippen LogP contribution in [0.2, 0.25) is 5.02 Å². The van der Waals surface area contributed by atoms with Crippen LogP contribution in [-0.4, -0.2) is 13.7 Å². The highest BCUT2D eigenvalue weighted by Crippen LogP contribution is 2.33. The highest BCUT2D eigenvalue weighted by atomic mass is 79.9. The molecule has 2 rings (SSSR count). The average Bonchev–Trinajstić information content (AvgIpc) is 2.48. The summed E-state index contributed by atoms with van der Waals surface area (Å²) in [7, 11) is 1.67. The standard InChI is InChI=1S/C17H19BrClNO/c1-4-20-17(12-6-5-11(2)16(19)9-12)14-8-7-13(21-3)10-15(14)18/h5-10,17,20H,4H2,1-3H3. The number of hydrogen-bond donors (Lipinski definition) is 1. The molecule has 4 heteroatoms. The van der Waals surface area contributed by atoms with Crippen LogP contribution in [-0.2, 0) is 0 Å². The highest BCUT2D eigenvalue weighted by molar-refractivity contribution is 9.10. The molecule has 0 aliphatic heterocycles. The van der Waals surface area contributed by atoms with Gasteiger partial charge in [0.05, 0.1) is 13.2 Å². The SMILES string of the molecule is CCNC(c1ccc(C)c(Cl)c1)c1ccc(OC)cc1Br. The minimum absolute atomic E-state index is 0.0911. The Morgan fingerprint density at radius 1 is 1.24 bits per heavy atom. The lowest BCUT2D eigenvalue weighted by Crippen LogP contribution is -2.22. The Bertz CT molecular complexity index is 630. The zero-order valence-electron chi connectivity index (χ0n) is 12.4. The van der Waals surface area contributed by atoms with E-state index in [4.69, 9.17) is 16.3 Å². The van der Waals surface area contributed by atoms with E-state index in [1.54, 1.807) is 7.11 Å². The lowest BCUT2D eigenvalue weighted by Gasteiger charge is -2.21. The van der Waals surface area contributed by atoms with Gasteiger partial charge in [0, 0.05) is 9.50 Å². The fourth-order valence-electron chi connectivity index (χ4n) is 2.27. The molecule has 0 saturated heterocycles. The molecule has 21 heavy (non-hydrogen) atoms. The van der Waals surface area contributed by atoms with E-state index in [1.165, 1.54) is 0 Å². The largest absolute Gasteiger partial charge is 0.497 e. The van der Waals surface area contributed by atoms with E-state index < -0.39 is 0 Å². The van der Waals surface area contributed by atoms with E-state index >= 15 is 0 Å². The number of nitrogens with one attached hydrogen (secondary N) is 1. The number of ether oxygens (including phenoxy) is 1. The maximum Gasteiger partial charge on any atom is 0.120 e. The zero-order valence-corrected chi connectivity index (χ0v) is 14.8. The molecule has 2 aromatic carbocycles. The molecule has 0 saturated carbocycles. The molecule has 112 valence electrons. The topological polar surface area (TPSA) is 21.3 Å². The first-order valence-electron chi connectivity index (χ1n) is 6.89. The van der Waals surface area contributed by atoms with Crippen molar-refractivity contribution in [2.75, 3.05) is 13.7 Å². The second-order valence-corrected chi connectivity index (χ2v) is 6.15. The third kappa shape index (κ3) is 3.79. The summed E-state index contributed by atoms with van der Waals surface area (Å²) >= 11 is 9.91. The van der Waals surface area contributed by atoms with E-state index in [1.807, 2.05) is 25.1 Å². The minimum atomic E-state index is 0.0911. The molecule has 0 heterocycles. The molecule has 0 amide bonds. The van der Waals surface area contributed by atoms with Crippen LogP contribution in [0.25, 0.3) is 0 Å². The van der Waals surface area contributed by atoms with E-state index in [-0.39, 0.29) is 6.04 Å². The van der Waals surface area contributed by atoms with Crippen LogP contribution in [0, 0.1) is 6.92 Å². The highest BCUT2D eigenvalue weighted by Gasteiger charge is 2.17. The van der Waals surface area contributed by atoms with Crippen LogP contribution in [0.15, 0.2) is 40.9 Å². The monoisotopic (exact) mass is 367 g/mol. The van der Waals surface area contributed by atoms with Gasteiger partial charge < -0.3 is 10.1 Å². The van der Waals surface area contributed by atoms with E-state index in [0.29, 0.717) is 0 Å². The van der Waals surface area contributed by atoms with Crippen molar-refractivity contribution in [2.24, 2.45) is 0 Å². The summed E-state index contributed by atoms with van der Waals surface area (Å²) in [5.74, 6) is 0.836. The summed E-state index contributed by atoms with van der Waals surface area (Å²) in [6.07, 6.45) is 0. The first kappa shape index (κ1) is 16.3. The maximum absolute atomic E-state index is 6.27. The van der Waals surface area contributed by atoms with Crippen LogP contribution >= 0.6 is 27.5 Å². The summed E-state index contributed by atoms with van der Waals surface area (Å²) < 4.78 is 6.28. The molecule has 1 atom stereocenters. The lowest BCUT2D eigenvalue weighted by molar-refractivity contribution is 0.414. The Balaban J connectivity index is 2.45. The first-order valence-corrected chi connectivity index (χ1v) is 8.06. The first-order chi connectivity index (χ1) is 10.1. The van der Waals surface area contributed by atoms with Gasteiger partial charge in [-0.3, -0.25) is 0 Å². The smallest absolute Gasteiger partial charge is 0.120 e. The molecule has 2 nitrogen and oxygen atoms in total. The number of hydrogen-bond acceptors (Lipinski definition) is 2. The van der Waals surface area contributed by atoms with Crippen molar-refractivity contribution in [3.63, 3.8) is 0 Å². The predicted octanol–water partition coefficient (Wildman–Crippen LogP) is 5.12. The summed E-state index contributed by atoms with van der Waals surface area (Å²) in [6.45, 7) is 4.98. The van der Waals surface area contributed by atoms with E-state index in [2.05, 4.69) is 46.4 Å². The number of benzene rings is 2. The van der Waals surface area contributed by atoms with Gasteiger partial charge in [-0.15, -0.1) is 0 Å². The van der Waals surface area contributed by atoms with Gasteiger partial charge in [0.1, 0.15) is 5.75 Å². The average molecular weight is 369 g/mol. The van der Waals surface area contributed by atoms with Gasteiger partial charge in [-0.05, 0) is 48.4 Å². The fraction of sp³-hybridized carbons (Fsp3) is 0.294. The molecule has 0 spiro atoms. The van der Waals surface area contributed by atoms with Gasteiger partial charge in [-0.2, -0.15) is 0 Å². The molecular weight excluding hydrogens is 350 g/mol. The summed E-state index contributed by atoms with van der Waals surface area (Å²) in [6, 6.07) is 12.3. The van der Waals surface area contributed by atoms with Crippen LogP contribution in [0.4, 0.5) is 0 Å². The number of methoxy groups -OCH3 is 1. The van der Waals surface area contributed by atoms with Crippen molar-refractivity contribution in [3.8, 4) is 5.75 Å². The number of rotatable bonds is 5. The molecule has 0 bridgehead atoms. The number of aryl methyl sites for hydroxylation is 1. The molecule has 0 radical (unpaired) electrons. The molecule has 2 aromatic rings. The third-order valence-electron chi connectivity index (χ3n) is 3.46. The van der Waals surface area contributed by atoms with Crippen LogP contribution in [0.5, 0.6) is 5.75 Å². The summed E-state index contributed by atoms with van der Waals surface area (Å²) in [5.41, 5.74) is 3.40. The Morgan fingerprint density at radius 2 is 2.00 bits per heavy atom. The zero-order chi connectivity index (χ0) is 15.4. The van der Waals surface area contributed by atoms with Gasteiger partial charge in [0.2, 0.25) is 0 Å². The second kappa shape index (κ2) is 7.30. The van der Waals surface area contributed by atoms with Crippen LogP contribution < -0.4 is 10.1 Å². The van der Waals surface area contributed by atoms with Crippen molar-refractivity contribution in [1.29, 1.82) is 0 Å². The van der Waals surface area contributed by atoms with Crippen molar-refractivity contribution in [2.45, 2.75) is 19.9 Å². The molecule has 0 fully saturated rings. The van der Waals surface area contributed by atoms with Crippen molar-refractivity contribution < 1.29 is 4.74 Å².